The zero-order chi connectivity index (χ0) is 19.9. The molecular formula is C21H35N7. The lowest BCUT2D eigenvalue weighted by Crippen LogP contribution is -2.53. The highest BCUT2D eigenvalue weighted by Gasteiger charge is 2.30. The molecule has 7 nitrogen and oxygen atoms in total. The lowest BCUT2D eigenvalue weighted by molar-refractivity contribution is 0.158. The van der Waals surface area contributed by atoms with Gasteiger partial charge < -0.3 is 15.1 Å². The summed E-state index contributed by atoms with van der Waals surface area (Å²) in [5.41, 5.74) is 0.748. The zero-order valence-electron chi connectivity index (χ0n) is 18.0. The molecule has 2 fully saturated rings. The third-order valence-corrected chi connectivity index (χ3v) is 6.16. The van der Waals surface area contributed by atoms with Crippen molar-refractivity contribution in [3.05, 3.63) is 18.0 Å². The summed E-state index contributed by atoms with van der Waals surface area (Å²) in [4.78, 5) is 4.95. The van der Waals surface area contributed by atoms with E-state index in [-0.39, 0.29) is 5.41 Å². The van der Waals surface area contributed by atoms with Gasteiger partial charge in [0.2, 0.25) is 0 Å². The van der Waals surface area contributed by atoms with Crippen LogP contribution in [0.5, 0.6) is 0 Å². The van der Waals surface area contributed by atoms with Gasteiger partial charge in [-0.2, -0.15) is 4.52 Å². The van der Waals surface area contributed by atoms with Crippen molar-refractivity contribution >= 4 is 11.5 Å². The Morgan fingerprint density at radius 1 is 1.11 bits per heavy atom. The fraction of sp³-hybridized carbons (Fsp3) is 0.762. The summed E-state index contributed by atoms with van der Waals surface area (Å²) >= 11 is 0. The number of piperidine rings is 1. The molecule has 0 bridgehead atoms. The van der Waals surface area contributed by atoms with Crippen LogP contribution in [0.1, 0.15) is 53.3 Å². The SMILES string of the molecule is CC(C)N1CCC(NCC2CN(c3ccc4nnc(C(C)(C)C)n4n3)C2)CC1. The minimum Gasteiger partial charge on any atom is -0.354 e. The van der Waals surface area contributed by atoms with E-state index in [9.17, 15) is 0 Å². The normalized spacial score (nSPS) is 20.3. The number of anilines is 1. The molecule has 2 aromatic rings. The maximum absolute atomic E-state index is 4.82. The monoisotopic (exact) mass is 385 g/mol. The Morgan fingerprint density at radius 3 is 2.46 bits per heavy atom. The minimum atomic E-state index is -0.0718. The molecule has 0 unspecified atom stereocenters. The second kappa shape index (κ2) is 7.59. The standard InChI is InChI=1S/C21H35N7/c1-15(2)26-10-8-17(9-11-26)22-12-16-13-27(14-16)19-7-6-18-23-24-20(21(3,4)5)28(18)25-19/h6-7,15-17,22H,8-14H2,1-5H3. The van der Waals surface area contributed by atoms with Crippen LogP contribution in [0.4, 0.5) is 5.82 Å². The number of rotatable bonds is 5. The molecule has 7 heteroatoms. The molecule has 2 aliphatic rings. The van der Waals surface area contributed by atoms with Gasteiger partial charge in [-0.05, 0) is 51.9 Å². The number of hydrogen-bond donors (Lipinski definition) is 1. The molecule has 0 amide bonds. The van der Waals surface area contributed by atoms with Gasteiger partial charge in [0.15, 0.2) is 11.5 Å². The first-order chi connectivity index (χ1) is 13.3. The molecule has 1 N–H and O–H groups in total. The molecule has 0 aliphatic carbocycles. The molecule has 28 heavy (non-hydrogen) atoms. The molecular weight excluding hydrogens is 350 g/mol. The molecule has 0 atom stereocenters. The van der Waals surface area contributed by atoms with Crippen LogP contribution in [-0.4, -0.2) is 69.5 Å². The van der Waals surface area contributed by atoms with E-state index in [0.29, 0.717) is 18.0 Å². The van der Waals surface area contributed by atoms with Crippen molar-refractivity contribution < 1.29 is 0 Å². The van der Waals surface area contributed by atoms with Gasteiger partial charge in [0.1, 0.15) is 5.82 Å². The summed E-state index contributed by atoms with van der Waals surface area (Å²) < 4.78 is 1.91. The first-order valence-electron chi connectivity index (χ1n) is 10.8. The summed E-state index contributed by atoms with van der Waals surface area (Å²) in [7, 11) is 0. The quantitative estimate of drug-likeness (QED) is 0.852. The van der Waals surface area contributed by atoms with E-state index in [4.69, 9.17) is 5.10 Å². The van der Waals surface area contributed by atoms with E-state index in [1.165, 1.54) is 25.9 Å². The van der Waals surface area contributed by atoms with Gasteiger partial charge in [0, 0.05) is 43.1 Å². The van der Waals surface area contributed by atoms with Gasteiger partial charge in [-0.3, -0.25) is 0 Å². The van der Waals surface area contributed by atoms with Crippen LogP contribution < -0.4 is 10.2 Å². The van der Waals surface area contributed by atoms with Crippen molar-refractivity contribution in [1.29, 1.82) is 0 Å². The lowest BCUT2D eigenvalue weighted by atomic mass is 9.96. The minimum absolute atomic E-state index is 0.0718. The summed E-state index contributed by atoms with van der Waals surface area (Å²) in [6, 6.07) is 5.46. The first kappa shape index (κ1) is 19.6. The molecule has 2 aromatic heterocycles. The molecule has 0 spiro atoms. The Labute approximate surface area is 168 Å². The average Bonchev–Trinajstić information content (AvgIpc) is 3.04. The van der Waals surface area contributed by atoms with Gasteiger partial charge >= 0.3 is 0 Å². The Bertz CT molecular complexity index is 793. The third-order valence-electron chi connectivity index (χ3n) is 6.16. The molecule has 2 saturated heterocycles. The Balaban J connectivity index is 1.28. The van der Waals surface area contributed by atoms with E-state index in [1.54, 1.807) is 0 Å². The van der Waals surface area contributed by atoms with E-state index in [1.807, 2.05) is 10.6 Å². The van der Waals surface area contributed by atoms with Gasteiger partial charge in [-0.15, -0.1) is 15.3 Å². The molecule has 0 saturated carbocycles. The number of hydrogen-bond acceptors (Lipinski definition) is 6. The van der Waals surface area contributed by atoms with Crippen LogP contribution in [0.3, 0.4) is 0 Å². The molecule has 2 aliphatic heterocycles. The van der Waals surface area contributed by atoms with Gasteiger partial charge in [-0.25, -0.2) is 0 Å². The van der Waals surface area contributed by atoms with Gasteiger partial charge in [0.05, 0.1) is 0 Å². The van der Waals surface area contributed by atoms with E-state index in [0.717, 1.165) is 36.9 Å². The van der Waals surface area contributed by atoms with Crippen molar-refractivity contribution in [3.63, 3.8) is 0 Å². The van der Waals surface area contributed by atoms with Gasteiger partial charge in [-0.1, -0.05) is 20.8 Å². The summed E-state index contributed by atoms with van der Waals surface area (Å²) in [5, 5.41) is 17.2. The van der Waals surface area contributed by atoms with Gasteiger partial charge in [0.25, 0.3) is 0 Å². The third kappa shape index (κ3) is 4.01. The molecule has 4 rings (SSSR count). The van der Waals surface area contributed by atoms with Crippen molar-refractivity contribution in [2.24, 2.45) is 5.92 Å². The maximum atomic E-state index is 4.82. The topological polar surface area (TPSA) is 61.6 Å². The zero-order valence-corrected chi connectivity index (χ0v) is 18.0. The van der Waals surface area contributed by atoms with Crippen molar-refractivity contribution in [1.82, 2.24) is 30.0 Å². The van der Waals surface area contributed by atoms with E-state index < -0.39 is 0 Å². The number of nitrogens with zero attached hydrogens (tertiary/aromatic N) is 6. The Morgan fingerprint density at radius 2 is 1.82 bits per heavy atom. The van der Waals surface area contributed by atoms with Crippen LogP contribution >= 0.6 is 0 Å². The first-order valence-corrected chi connectivity index (χ1v) is 10.8. The largest absolute Gasteiger partial charge is 0.354 e. The number of fused-ring (bicyclic) bond motifs is 1. The lowest BCUT2D eigenvalue weighted by Gasteiger charge is -2.41. The predicted molar refractivity (Wildman–Crippen MR) is 113 cm³/mol. The Kier molecular flexibility index (Phi) is 5.31. The average molecular weight is 386 g/mol. The van der Waals surface area contributed by atoms with Crippen molar-refractivity contribution in [3.8, 4) is 0 Å². The van der Waals surface area contributed by atoms with Crippen LogP contribution in [0, 0.1) is 5.92 Å². The van der Waals surface area contributed by atoms with Crippen LogP contribution in [-0.2, 0) is 5.41 Å². The predicted octanol–water partition coefficient (Wildman–Crippen LogP) is 2.32. The summed E-state index contributed by atoms with van der Waals surface area (Å²) in [6.07, 6.45) is 2.55. The fourth-order valence-electron chi connectivity index (χ4n) is 4.25. The van der Waals surface area contributed by atoms with Crippen LogP contribution in [0.15, 0.2) is 12.1 Å². The number of likely N-dealkylation sites (tertiary alicyclic amines) is 1. The highest BCUT2D eigenvalue weighted by Crippen LogP contribution is 2.25. The molecule has 154 valence electrons. The second-order valence-corrected chi connectivity index (χ2v) is 9.82. The van der Waals surface area contributed by atoms with Crippen LogP contribution in [0.25, 0.3) is 5.65 Å². The highest BCUT2D eigenvalue weighted by atomic mass is 15.4. The van der Waals surface area contributed by atoms with Crippen molar-refractivity contribution in [2.45, 2.75) is 65.0 Å². The van der Waals surface area contributed by atoms with Crippen LogP contribution in [0.2, 0.25) is 0 Å². The number of nitrogens with one attached hydrogen (secondary N) is 1. The molecule has 4 heterocycles. The second-order valence-electron chi connectivity index (χ2n) is 9.82. The number of aromatic nitrogens is 4. The summed E-state index contributed by atoms with van der Waals surface area (Å²) in [5.74, 6) is 2.65. The smallest absolute Gasteiger partial charge is 0.178 e. The highest BCUT2D eigenvalue weighted by molar-refractivity contribution is 5.47. The molecule has 0 radical (unpaired) electrons. The van der Waals surface area contributed by atoms with Crippen molar-refractivity contribution in [2.75, 3.05) is 37.6 Å². The molecule has 0 aromatic carbocycles. The maximum Gasteiger partial charge on any atom is 0.178 e. The van der Waals surface area contributed by atoms with E-state index in [2.05, 4.69) is 66.0 Å². The Hall–Kier alpha value is -1.73. The van der Waals surface area contributed by atoms with E-state index >= 15 is 0 Å². The fourth-order valence-corrected chi connectivity index (χ4v) is 4.25. The summed E-state index contributed by atoms with van der Waals surface area (Å²) in [6.45, 7) is 16.8.